The summed E-state index contributed by atoms with van der Waals surface area (Å²) in [4.78, 5) is 27.5. The first-order valence-electron chi connectivity index (χ1n) is 11.6. The van der Waals surface area contributed by atoms with E-state index in [0.717, 1.165) is 37.3 Å². The average Bonchev–Trinajstić information content (AvgIpc) is 3.40. The van der Waals surface area contributed by atoms with Gasteiger partial charge in [0.15, 0.2) is 5.69 Å². The number of carbonyl (C=O) groups is 1. The second kappa shape index (κ2) is 11.4. The molecule has 1 saturated heterocycles. The van der Waals surface area contributed by atoms with E-state index in [1.54, 1.807) is 18.5 Å². The van der Waals surface area contributed by atoms with Crippen LogP contribution in [0.25, 0.3) is 5.69 Å². The van der Waals surface area contributed by atoms with Crippen molar-refractivity contribution in [2.75, 3.05) is 43.5 Å². The van der Waals surface area contributed by atoms with Crippen LogP contribution in [0.4, 0.5) is 17.3 Å². The Labute approximate surface area is 203 Å². The molecule has 0 bridgehead atoms. The predicted octanol–water partition coefficient (Wildman–Crippen LogP) is 1.58. The molecule has 1 atom stereocenters. The number of aliphatic hydroxyl groups is 1. The summed E-state index contributed by atoms with van der Waals surface area (Å²) in [7, 11) is 2.06. The molecule has 4 N–H and O–H groups in total. The molecule has 4 heterocycles. The number of likely N-dealkylation sites (N-methyl/N-ethyl adjacent to an activating group) is 1. The fourth-order valence-corrected chi connectivity index (χ4v) is 3.99. The molecule has 1 aliphatic heterocycles. The Morgan fingerprint density at radius 2 is 2.17 bits per heavy atom. The Morgan fingerprint density at radius 3 is 2.89 bits per heavy atom. The molecule has 1 fully saturated rings. The number of aromatic nitrogens is 4. The van der Waals surface area contributed by atoms with Crippen LogP contribution < -0.4 is 20.9 Å². The minimum absolute atomic E-state index is 0.0348. The number of hydrogen-bond acceptors (Lipinski definition) is 9. The monoisotopic (exact) mass is 475 g/mol. The molecule has 3 aromatic heterocycles. The molecule has 11 nitrogen and oxygen atoms in total. The largest absolute Gasteiger partial charge is 0.396 e. The lowest BCUT2D eigenvalue weighted by molar-refractivity contribution is 0.0951. The molecular formula is C24H29N9O2. The average molecular weight is 476 g/mol. The maximum atomic E-state index is 12.4. The van der Waals surface area contributed by atoms with Crippen molar-refractivity contribution >= 4 is 23.2 Å². The van der Waals surface area contributed by atoms with Crippen molar-refractivity contribution in [3.8, 4) is 11.8 Å². The summed E-state index contributed by atoms with van der Waals surface area (Å²) in [5, 5.41) is 27.3. The topological polar surface area (TPSA) is 144 Å². The highest BCUT2D eigenvalue weighted by Gasteiger charge is 2.22. The SMILES string of the molecule is CN(c1cc(Nc2cnc(C#N)cn2)ncc1-n1ccc(C(=O)NCCCO)c1)C1CCCNC1. The van der Waals surface area contributed by atoms with Crippen LogP contribution in [0.1, 0.15) is 35.3 Å². The molecule has 0 spiro atoms. The van der Waals surface area contributed by atoms with Gasteiger partial charge in [-0.3, -0.25) is 4.79 Å². The van der Waals surface area contributed by atoms with Crippen molar-refractivity contribution in [3.63, 3.8) is 0 Å². The Morgan fingerprint density at radius 1 is 1.31 bits per heavy atom. The van der Waals surface area contributed by atoms with Crippen molar-refractivity contribution in [3.05, 3.63) is 54.4 Å². The molecule has 11 heteroatoms. The quantitative estimate of drug-likeness (QED) is 0.339. The van der Waals surface area contributed by atoms with E-state index in [0.29, 0.717) is 36.2 Å². The van der Waals surface area contributed by atoms with Crippen molar-refractivity contribution in [2.45, 2.75) is 25.3 Å². The second-order valence-electron chi connectivity index (χ2n) is 8.33. The molecule has 35 heavy (non-hydrogen) atoms. The number of carbonyl (C=O) groups excluding carboxylic acids is 1. The number of aliphatic hydroxyl groups excluding tert-OH is 1. The fraction of sp³-hybridized carbons (Fsp3) is 0.375. The van der Waals surface area contributed by atoms with Crippen LogP contribution in [0.2, 0.25) is 0 Å². The summed E-state index contributed by atoms with van der Waals surface area (Å²) in [6, 6.07) is 5.98. The van der Waals surface area contributed by atoms with Crippen molar-refractivity contribution in [2.24, 2.45) is 0 Å². The van der Waals surface area contributed by atoms with Gasteiger partial charge >= 0.3 is 0 Å². The van der Waals surface area contributed by atoms with E-state index in [4.69, 9.17) is 10.4 Å². The Bertz CT molecular complexity index is 1180. The van der Waals surface area contributed by atoms with Crippen LogP contribution in [0, 0.1) is 11.3 Å². The summed E-state index contributed by atoms with van der Waals surface area (Å²) >= 11 is 0. The highest BCUT2D eigenvalue weighted by molar-refractivity contribution is 5.94. The lowest BCUT2D eigenvalue weighted by atomic mass is 10.1. The van der Waals surface area contributed by atoms with Crippen molar-refractivity contribution < 1.29 is 9.90 Å². The van der Waals surface area contributed by atoms with Gasteiger partial charge in [-0.25, -0.2) is 15.0 Å². The standard InChI is InChI=1S/C24H29N9O2/c1-32(19-4-2-6-26-13-19)20-10-22(31-23-15-28-18(11-25)12-29-23)30-14-21(20)33-8-5-17(16-33)24(35)27-7-3-9-34/h5,8,10,12,14-16,19,26,34H,2-4,6-7,9,13H2,1H3,(H,27,35)(H,29,30,31). The third-order valence-electron chi connectivity index (χ3n) is 5.94. The maximum absolute atomic E-state index is 12.4. The van der Waals surface area contributed by atoms with E-state index in [-0.39, 0.29) is 18.2 Å². The number of anilines is 3. The molecule has 0 aromatic carbocycles. The number of pyridine rings is 1. The Balaban J connectivity index is 1.62. The first kappa shape index (κ1) is 24.1. The highest BCUT2D eigenvalue weighted by Crippen LogP contribution is 2.30. The summed E-state index contributed by atoms with van der Waals surface area (Å²) in [6.45, 7) is 2.35. The maximum Gasteiger partial charge on any atom is 0.252 e. The van der Waals surface area contributed by atoms with E-state index in [1.165, 1.54) is 12.4 Å². The van der Waals surface area contributed by atoms with Crippen molar-refractivity contribution in [1.82, 2.24) is 30.2 Å². The number of nitrogens with zero attached hydrogens (tertiary/aromatic N) is 6. The normalized spacial score (nSPS) is 15.3. The van der Waals surface area contributed by atoms with Gasteiger partial charge in [-0.15, -0.1) is 0 Å². The zero-order valence-electron chi connectivity index (χ0n) is 19.6. The van der Waals surface area contributed by atoms with Gasteiger partial charge in [0.25, 0.3) is 5.91 Å². The van der Waals surface area contributed by atoms with Crippen LogP contribution in [0.5, 0.6) is 0 Å². The number of rotatable bonds is 9. The van der Waals surface area contributed by atoms with E-state index < -0.39 is 0 Å². The zero-order valence-corrected chi connectivity index (χ0v) is 19.6. The van der Waals surface area contributed by atoms with Crippen LogP contribution in [-0.2, 0) is 0 Å². The van der Waals surface area contributed by atoms with E-state index >= 15 is 0 Å². The molecule has 1 unspecified atom stereocenters. The van der Waals surface area contributed by atoms with Gasteiger partial charge in [0.05, 0.1) is 35.5 Å². The lowest BCUT2D eigenvalue weighted by Gasteiger charge is -2.34. The van der Waals surface area contributed by atoms with Crippen LogP contribution in [0.15, 0.2) is 43.1 Å². The number of amides is 1. The molecule has 4 rings (SSSR count). The van der Waals surface area contributed by atoms with E-state index in [9.17, 15) is 4.79 Å². The van der Waals surface area contributed by atoms with Gasteiger partial charge in [0, 0.05) is 51.2 Å². The van der Waals surface area contributed by atoms with E-state index in [2.05, 4.69) is 42.8 Å². The van der Waals surface area contributed by atoms with E-state index in [1.807, 2.05) is 22.9 Å². The molecule has 1 amide bonds. The van der Waals surface area contributed by atoms with Gasteiger partial charge in [-0.1, -0.05) is 0 Å². The van der Waals surface area contributed by atoms with Gasteiger partial charge in [-0.05, 0) is 31.9 Å². The lowest BCUT2D eigenvalue weighted by Crippen LogP contribution is -2.44. The van der Waals surface area contributed by atoms with Gasteiger partial charge in [-0.2, -0.15) is 5.26 Å². The van der Waals surface area contributed by atoms with Crippen LogP contribution >= 0.6 is 0 Å². The van der Waals surface area contributed by atoms with Gasteiger partial charge in [0.1, 0.15) is 17.7 Å². The summed E-state index contributed by atoms with van der Waals surface area (Å²) in [5.74, 6) is 0.890. The Kier molecular flexibility index (Phi) is 7.87. The molecular weight excluding hydrogens is 446 g/mol. The smallest absolute Gasteiger partial charge is 0.252 e. The summed E-state index contributed by atoms with van der Waals surface area (Å²) < 4.78 is 1.89. The fourth-order valence-electron chi connectivity index (χ4n) is 3.99. The first-order valence-corrected chi connectivity index (χ1v) is 11.6. The molecule has 1 aliphatic rings. The molecule has 182 valence electrons. The number of nitrogens with one attached hydrogen (secondary N) is 3. The number of nitriles is 1. The Hall–Kier alpha value is -4.01. The third-order valence-corrected chi connectivity index (χ3v) is 5.94. The predicted molar refractivity (Wildman–Crippen MR) is 132 cm³/mol. The summed E-state index contributed by atoms with van der Waals surface area (Å²) in [6.07, 6.45) is 11.0. The summed E-state index contributed by atoms with van der Waals surface area (Å²) in [5.41, 5.74) is 2.56. The molecule has 0 saturated carbocycles. The van der Waals surface area contributed by atoms with Gasteiger partial charge in [0.2, 0.25) is 0 Å². The second-order valence-corrected chi connectivity index (χ2v) is 8.33. The molecule has 0 aliphatic carbocycles. The molecule has 3 aromatic rings. The third kappa shape index (κ3) is 5.92. The zero-order chi connectivity index (χ0) is 24.6. The first-order chi connectivity index (χ1) is 17.1. The van der Waals surface area contributed by atoms with Gasteiger partial charge < -0.3 is 30.5 Å². The highest BCUT2D eigenvalue weighted by atomic mass is 16.3. The van der Waals surface area contributed by atoms with Crippen LogP contribution in [0.3, 0.4) is 0 Å². The number of hydrogen-bond donors (Lipinski definition) is 4. The molecule has 0 radical (unpaired) electrons. The minimum atomic E-state index is -0.186. The van der Waals surface area contributed by atoms with Crippen LogP contribution in [-0.4, -0.2) is 69.9 Å². The number of piperidine rings is 1. The van der Waals surface area contributed by atoms with Crippen molar-refractivity contribution in [1.29, 1.82) is 5.26 Å². The minimum Gasteiger partial charge on any atom is -0.396 e.